The number of methoxy groups -OCH3 is 1. The molecule has 0 aliphatic carbocycles. The molecule has 0 radical (unpaired) electrons. The zero-order chi connectivity index (χ0) is 11.4. The van der Waals surface area contributed by atoms with Crippen molar-refractivity contribution in [2.45, 2.75) is 24.1 Å². The third kappa shape index (κ3) is 2.53. The molecule has 2 rings (SSSR count). The molecule has 1 saturated heterocycles. The highest BCUT2D eigenvalue weighted by atomic mass is 32.2. The second kappa shape index (κ2) is 5.60. The standard InChI is InChI=1S/C13H19NOS/c1-14-13(12-4-3-9-16-12)10-5-7-11(15-2)8-6-10/h5-8,12-14H,3-4,9H2,1-2H3. The number of hydrogen-bond donors (Lipinski definition) is 1. The molecular formula is C13H19NOS. The number of benzene rings is 1. The van der Waals surface area contributed by atoms with Gasteiger partial charge in [-0.15, -0.1) is 0 Å². The first-order valence-electron chi connectivity index (χ1n) is 5.78. The van der Waals surface area contributed by atoms with Gasteiger partial charge in [0.1, 0.15) is 5.75 Å². The van der Waals surface area contributed by atoms with Gasteiger partial charge in [-0.1, -0.05) is 12.1 Å². The molecule has 1 N–H and O–H groups in total. The lowest BCUT2D eigenvalue weighted by Crippen LogP contribution is -2.25. The van der Waals surface area contributed by atoms with Gasteiger partial charge in [-0.25, -0.2) is 0 Å². The van der Waals surface area contributed by atoms with Crippen molar-refractivity contribution < 1.29 is 4.74 Å². The molecule has 0 spiro atoms. The first kappa shape index (κ1) is 11.8. The van der Waals surface area contributed by atoms with Crippen LogP contribution in [0.25, 0.3) is 0 Å². The number of rotatable bonds is 4. The van der Waals surface area contributed by atoms with Crippen LogP contribution >= 0.6 is 11.8 Å². The SMILES string of the molecule is CNC(c1ccc(OC)cc1)C1CCCS1. The van der Waals surface area contributed by atoms with Crippen LogP contribution in [0.5, 0.6) is 5.75 Å². The second-order valence-electron chi connectivity index (χ2n) is 4.09. The summed E-state index contributed by atoms with van der Waals surface area (Å²) in [5, 5.41) is 4.16. The van der Waals surface area contributed by atoms with E-state index < -0.39 is 0 Å². The molecule has 3 heteroatoms. The molecule has 2 unspecified atom stereocenters. The van der Waals surface area contributed by atoms with Crippen molar-refractivity contribution in [1.29, 1.82) is 0 Å². The monoisotopic (exact) mass is 237 g/mol. The molecule has 16 heavy (non-hydrogen) atoms. The van der Waals surface area contributed by atoms with Crippen LogP contribution in [0.4, 0.5) is 0 Å². The Morgan fingerprint density at radius 2 is 2.12 bits per heavy atom. The lowest BCUT2D eigenvalue weighted by atomic mass is 10.0. The molecule has 88 valence electrons. The summed E-state index contributed by atoms with van der Waals surface area (Å²) in [7, 11) is 3.76. The van der Waals surface area contributed by atoms with E-state index in [0.29, 0.717) is 6.04 Å². The van der Waals surface area contributed by atoms with Crippen molar-refractivity contribution in [3.05, 3.63) is 29.8 Å². The predicted molar refractivity (Wildman–Crippen MR) is 70.3 cm³/mol. The number of nitrogens with one attached hydrogen (secondary N) is 1. The van der Waals surface area contributed by atoms with Crippen LogP contribution in [0.15, 0.2) is 24.3 Å². The molecule has 1 heterocycles. The fraction of sp³-hybridized carbons (Fsp3) is 0.538. The molecule has 2 nitrogen and oxygen atoms in total. The van der Waals surface area contributed by atoms with E-state index >= 15 is 0 Å². The van der Waals surface area contributed by atoms with E-state index in [0.717, 1.165) is 11.0 Å². The highest BCUT2D eigenvalue weighted by Crippen LogP contribution is 2.36. The maximum atomic E-state index is 5.18. The van der Waals surface area contributed by atoms with Crippen molar-refractivity contribution in [2.24, 2.45) is 0 Å². The lowest BCUT2D eigenvalue weighted by molar-refractivity contribution is 0.414. The number of hydrogen-bond acceptors (Lipinski definition) is 3. The van der Waals surface area contributed by atoms with Gasteiger partial charge in [-0.2, -0.15) is 11.8 Å². The third-order valence-corrected chi connectivity index (χ3v) is 4.58. The number of ether oxygens (including phenoxy) is 1. The van der Waals surface area contributed by atoms with Crippen molar-refractivity contribution >= 4 is 11.8 Å². The smallest absolute Gasteiger partial charge is 0.118 e. The zero-order valence-corrected chi connectivity index (χ0v) is 10.7. The summed E-state index contributed by atoms with van der Waals surface area (Å²) in [5.41, 5.74) is 1.36. The quantitative estimate of drug-likeness (QED) is 0.870. The summed E-state index contributed by atoms with van der Waals surface area (Å²) in [6.07, 6.45) is 2.67. The molecule has 0 bridgehead atoms. The molecule has 0 aromatic heterocycles. The van der Waals surface area contributed by atoms with E-state index in [1.807, 2.05) is 19.2 Å². The predicted octanol–water partition coefficient (Wildman–Crippen LogP) is 2.85. The Morgan fingerprint density at radius 1 is 1.38 bits per heavy atom. The Hall–Kier alpha value is -0.670. The minimum absolute atomic E-state index is 0.471. The molecule has 1 aromatic carbocycles. The summed E-state index contributed by atoms with van der Waals surface area (Å²) < 4.78 is 5.18. The van der Waals surface area contributed by atoms with Crippen molar-refractivity contribution in [2.75, 3.05) is 19.9 Å². The van der Waals surface area contributed by atoms with Crippen LogP contribution in [-0.4, -0.2) is 25.2 Å². The summed E-state index contributed by atoms with van der Waals surface area (Å²) in [4.78, 5) is 0. The van der Waals surface area contributed by atoms with Crippen LogP contribution in [0.1, 0.15) is 24.4 Å². The van der Waals surface area contributed by atoms with Crippen LogP contribution in [0.3, 0.4) is 0 Å². The van der Waals surface area contributed by atoms with E-state index in [1.165, 1.54) is 24.2 Å². The molecule has 1 aromatic rings. The van der Waals surface area contributed by atoms with Gasteiger partial charge in [0.25, 0.3) is 0 Å². The van der Waals surface area contributed by atoms with Crippen LogP contribution in [0, 0.1) is 0 Å². The normalized spacial score (nSPS) is 22.0. The van der Waals surface area contributed by atoms with Gasteiger partial charge in [0, 0.05) is 11.3 Å². The maximum Gasteiger partial charge on any atom is 0.118 e. The van der Waals surface area contributed by atoms with Gasteiger partial charge in [-0.3, -0.25) is 0 Å². The maximum absolute atomic E-state index is 5.18. The van der Waals surface area contributed by atoms with Crippen LogP contribution in [-0.2, 0) is 0 Å². The van der Waals surface area contributed by atoms with Gasteiger partial charge < -0.3 is 10.1 Å². The van der Waals surface area contributed by atoms with Crippen LogP contribution in [0.2, 0.25) is 0 Å². The topological polar surface area (TPSA) is 21.3 Å². The van der Waals surface area contributed by atoms with Gasteiger partial charge >= 0.3 is 0 Å². The Kier molecular flexibility index (Phi) is 4.13. The van der Waals surface area contributed by atoms with Gasteiger partial charge in [0.15, 0.2) is 0 Å². The molecule has 1 aliphatic rings. The van der Waals surface area contributed by atoms with E-state index in [-0.39, 0.29) is 0 Å². The fourth-order valence-corrected chi connectivity index (χ4v) is 3.70. The third-order valence-electron chi connectivity index (χ3n) is 3.12. The van der Waals surface area contributed by atoms with Crippen LogP contribution < -0.4 is 10.1 Å². The first-order chi connectivity index (χ1) is 7.85. The Bertz CT molecular complexity index is 319. The minimum Gasteiger partial charge on any atom is -0.497 e. The fourth-order valence-electron chi connectivity index (χ4n) is 2.24. The molecule has 2 atom stereocenters. The lowest BCUT2D eigenvalue weighted by Gasteiger charge is -2.22. The summed E-state index contributed by atoms with van der Waals surface area (Å²) in [5.74, 6) is 2.23. The molecular weight excluding hydrogens is 218 g/mol. The van der Waals surface area contributed by atoms with E-state index in [4.69, 9.17) is 4.74 Å². The molecule has 1 aliphatic heterocycles. The molecule has 0 saturated carbocycles. The Balaban J connectivity index is 2.12. The highest BCUT2D eigenvalue weighted by molar-refractivity contribution is 8.00. The van der Waals surface area contributed by atoms with Gasteiger partial charge in [0.2, 0.25) is 0 Å². The highest BCUT2D eigenvalue weighted by Gasteiger charge is 2.25. The summed E-state index contributed by atoms with van der Waals surface area (Å²) in [6, 6.07) is 8.88. The molecule has 0 amide bonds. The first-order valence-corrected chi connectivity index (χ1v) is 6.83. The van der Waals surface area contributed by atoms with E-state index in [2.05, 4.69) is 29.2 Å². The van der Waals surface area contributed by atoms with Crippen molar-refractivity contribution in [3.63, 3.8) is 0 Å². The molecule has 1 fully saturated rings. The Labute approximate surface area is 102 Å². The van der Waals surface area contributed by atoms with Crippen molar-refractivity contribution in [1.82, 2.24) is 5.32 Å². The number of thioether (sulfide) groups is 1. The zero-order valence-electron chi connectivity index (χ0n) is 9.90. The van der Waals surface area contributed by atoms with E-state index in [1.54, 1.807) is 7.11 Å². The summed E-state index contributed by atoms with van der Waals surface area (Å²) >= 11 is 2.09. The second-order valence-corrected chi connectivity index (χ2v) is 5.44. The average molecular weight is 237 g/mol. The average Bonchev–Trinajstić information content (AvgIpc) is 2.85. The van der Waals surface area contributed by atoms with Gasteiger partial charge in [-0.05, 0) is 43.3 Å². The summed E-state index contributed by atoms with van der Waals surface area (Å²) in [6.45, 7) is 0. The largest absolute Gasteiger partial charge is 0.497 e. The Morgan fingerprint density at radius 3 is 2.62 bits per heavy atom. The van der Waals surface area contributed by atoms with Crippen molar-refractivity contribution in [3.8, 4) is 5.75 Å². The van der Waals surface area contributed by atoms with Gasteiger partial charge in [0.05, 0.1) is 7.11 Å². The van der Waals surface area contributed by atoms with E-state index in [9.17, 15) is 0 Å². The minimum atomic E-state index is 0.471.